The van der Waals surface area contributed by atoms with Gasteiger partial charge in [0.15, 0.2) is 6.29 Å². The summed E-state index contributed by atoms with van der Waals surface area (Å²) in [4.78, 5) is 21.4. The van der Waals surface area contributed by atoms with E-state index in [1.54, 1.807) is 25.6 Å². The summed E-state index contributed by atoms with van der Waals surface area (Å²) in [6.07, 6.45) is 3.51. The fraction of sp³-hybridized carbons (Fsp3) is 0.233. The molecule has 1 aliphatic rings. The maximum atomic E-state index is 17.0. The molecule has 1 aromatic carbocycles. The summed E-state index contributed by atoms with van der Waals surface area (Å²) in [6, 6.07) is 8.52. The SMILES string of the molecule is CNc1cnccc1N1CC(N)C(N/C=C(\N)c2ccsc2)C(C(F)c2cccc(F)c2-c2nc(C=O)ccc2F)C1. The van der Waals surface area contributed by atoms with E-state index in [1.807, 2.05) is 27.8 Å². The second-order valence-electron chi connectivity index (χ2n) is 9.97. The van der Waals surface area contributed by atoms with Gasteiger partial charge >= 0.3 is 0 Å². The number of pyridine rings is 2. The molecule has 0 saturated carbocycles. The number of benzene rings is 1. The summed E-state index contributed by atoms with van der Waals surface area (Å²) < 4.78 is 47.3. The number of alkyl halides is 1. The monoisotopic (exact) mass is 593 g/mol. The molecular formula is C30H30F3N7OS. The third-order valence-corrected chi connectivity index (χ3v) is 8.11. The zero-order chi connectivity index (χ0) is 29.8. The Morgan fingerprint density at radius 3 is 2.74 bits per heavy atom. The summed E-state index contributed by atoms with van der Waals surface area (Å²) in [5, 5.41) is 10.1. The Morgan fingerprint density at radius 1 is 1.17 bits per heavy atom. The first-order chi connectivity index (χ1) is 20.3. The van der Waals surface area contributed by atoms with Gasteiger partial charge in [0.25, 0.3) is 0 Å². The highest BCUT2D eigenvalue weighted by atomic mass is 32.1. The van der Waals surface area contributed by atoms with E-state index in [4.69, 9.17) is 11.5 Å². The van der Waals surface area contributed by atoms with Crippen LogP contribution in [0.3, 0.4) is 0 Å². The lowest BCUT2D eigenvalue weighted by molar-refractivity contribution is 0.111. The molecule has 4 atom stereocenters. The Balaban J connectivity index is 1.58. The molecule has 1 fully saturated rings. The van der Waals surface area contributed by atoms with Crippen LogP contribution in [0.1, 0.15) is 27.8 Å². The molecule has 4 aromatic rings. The van der Waals surface area contributed by atoms with Crippen LogP contribution in [0.5, 0.6) is 0 Å². The van der Waals surface area contributed by atoms with Crippen LogP contribution in [-0.4, -0.2) is 48.5 Å². The highest BCUT2D eigenvalue weighted by molar-refractivity contribution is 7.08. The van der Waals surface area contributed by atoms with E-state index in [0.717, 1.165) is 29.1 Å². The number of anilines is 2. The van der Waals surface area contributed by atoms with E-state index >= 15 is 8.78 Å². The van der Waals surface area contributed by atoms with E-state index in [2.05, 4.69) is 20.6 Å². The Bertz CT molecular complexity index is 1580. The van der Waals surface area contributed by atoms with Crippen LogP contribution in [0, 0.1) is 17.6 Å². The van der Waals surface area contributed by atoms with Gasteiger partial charge in [-0.25, -0.2) is 18.2 Å². The summed E-state index contributed by atoms with van der Waals surface area (Å²) in [7, 11) is 1.76. The molecule has 0 radical (unpaired) electrons. The molecule has 0 spiro atoms. The second-order valence-corrected chi connectivity index (χ2v) is 10.7. The first-order valence-corrected chi connectivity index (χ1v) is 14.2. The van der Waals surface area contributed by atoms with E-state index in [1.165, 1.54) is 29.5 Å². The molecule has 218 valence electrons. The van der Waals surface area contributed by atoms with Crippen molar-refractivity contribution in [1.82, 2.24) is 15.3 Å². The van der Waals surface area contributed by atoms with Crippen molar-refractivity contribution in [2.24, 2.45) is 17.4 Å². The number of halogens is 3. The van der Waals surface area contributed by atoms with Crippen LogP contribution in [0.4, 0.5) is 24.5 Å². The number of aldehydes is 1. The highest BCUT2D eigenvalue weighted by Gasteiger charge is 2.42. The van der Waals surface area contributed by atoms with Gasteiger partial charge < -0.3 is 27.0 Å². The van der Waals surface area contributed by atoms with Crippen LogP contribution in [0.15, 0.2) is 71.8 Å². The quantitative estimate of drug-likeness (QED) is 0.206. The maximum absolute atomic E-state index is 17.0. The maximum Gasteiger partial charge on any atom is 0.168 e. The van der Waals surface area contributed by atoms with Crippen LogP contribution >= 0.6 is 11.3 Å². The zero-order valence-electron chi connectivity index (χ0n) is 22.7. The van der Waals surface area contributed by atoms with Gasteiger partial charge in [-0.2, -0.15) is 11.3 Å². The summed E-state index contributed by atoms with van der Waals surface area (Å²) in [6.45, 7) is 0.553. The molecule has 5 rings (SSSR count). The standard InChI is InChI=1S/C30H30F3N7OS/c1-36-25-12-37-9-7-26(25)40-13-20(29(24(35)14-40)38-11-23(34)17-8-10-42-16-17)28(33)19-3-2-4-21(31)27(19)30-22(32)6-5-18(15-41)39-30/h2-12,15-16,20,24,28-29,36,38H,13-14,34-35H2,1H3/b23-11-. The number of carbonyl (C=O) groups excluding carboxylic acids is 1. The van der Waals surface area contributed by atoms with Crippen LogP contribution in [0.25, 0.3) is 17.0 Å². The van der Waals surface area contributed by atoms with Crippen molar-refractivity contribution in [1.29, 1.82) is 0 Å². The number of hydrogen-bond donors (Lipinski definition) is 4. The summed E-state index contributed by atoms with van der Waals surface area (Å²) in [5.41, 5.74) is 14.7. The number of thiophene rings is 1. The van der Waals surface area contributed by atoms with Gasteiger partial charge in [-0.3, -0.25) is 9.78 Å². The number of carbonyl (C=O) groups is 1. The lowest BCUT2D eigenvalue weighted by Gasteiger charge is -2.45. The molecule has 1 saturated heterocycles. The molecule has 0 aliphatic carbocycles. The van der Waals surface area contributed by atoms with Crippen molar-refractivity contribution in [2.45, 2.75) is 18.3 Å². The van der Waals surface area contributed by atoms with Crippen LogP contribution in [0.2, 0.25) is 0 Å². The number of piperidine rings is 1. The van der Waals surface area contributed by atoms with Crippen molar-refractivity contribution < 1.29 is 18.0 Å². The molecule has 4 unspecified atom stereocenters. The number of aromatic nitrogens is 2. The van der Waals surface area contributed by atoms with Gasteiger partial charge in [-0.15, -0.1) is 0 Å². The molecule has 12 heteroatoms. The minimum absolute atomic E-state index is 0.103. The lowest BCUT2D eigenvalue weighted by atomic mass is 9.81. The zero-order valence-corrected chi connectivity index (χ0v) is 23.5. The number of nitrogens with one attached hydrogen (secondary N) is 2. The molecule has 42 heavy (non-hydrogen) atoms. The van der Waals surface area contributed by atoms with Gasteiger partial charge in [0.05, 0.1) is 29.3 Å². The Labute approximate surface area is 245 Å². The van der Waals surface area contributed by atoms with Crippen LogP contribution in [-0.2, 0) is 0 Å². The Hall–Kier alpha value is -4.42. The predicted octanol–water partition coefficient (Wildman–Crippen LogP) is 4.73. The lowest BCUT2D eigenvalue weighted by Crippen LogP contribution is -2.61. The van der Waals surface area contributed by atoms with Crippen molar-refractivity contribution in [3.05, 3.63) is 100 Å². The highest BCUT2D eigenvalue weighted by Crippen LogP contribution is 2.41. The smallest absolute Gasteiger partial charge is 0.168 e. The fourth-order valence-corrected chi connectivity index (χ4v) is 6.01. The van der Waals surface area contributed by atoms with Gasteiger partial charge in [-0.1, -0.05) is 12.1 Å². The van der Waals surface area contributed by atoms with Gasteiger partial charge in [-0.05, 0) is 41.3 Å². The molecule has 0 bridgehead atoms. The molecule has 1 aliphatic heterocycles. The average Bonchev–Trinajstić information content (AvgIpc) is 3.55. The predicted molar refractivity (Wildman–Crippen MR) is 160 cm³/mol. The molecule has 8 nitrogen and oxygen atoms in total. The number of nitrogens with two attached hydrogens (primary N) is 2. The number of rotatable bonds is 9. The number of hydrogen-bond acceptors (Lipinski definition) is 9. The largest absolute Gasteiger partial charge is 0.397 e. The molecular weight excluding hydrogens is 563 g/mol. The van der Waals surface area contributed by atoms with Crippen molar-refractivity contribution >= 4 is 34.7 Å². The van der Waals surface area contributed by atoms with Gasteiger partial charge in [0, 0.05) is 61.0 Å². The van der Waals surface area contributed by atoms with Gasteiger partial charge in [0.1, 0.15) is 29.2 Å². The molecule has 3 aromatic heterocycles. The molecule has 6 N–H and O–H groups in total. The second kappa shape index (κ2) is 12.6. The molecule has 0 amide bonds. The first-order valence-electron chi connectivity index (χ1n) is 13.2. The summed E-state index contributed by atoms with van der Waals surface area (Å²) in [5.74, 6) is -2.59. The minimum Gasteiger partial charge on any atom is -0.397 e. The third-order valence-electron chi connectivity index (χ3n) is 7.42. The fourth-order valence-electron chi connectivity index (χ4n) is 5.35. The topological polar surface area (TPSA) is 122 Å². The van der Waals surface area contributed by atoms with E-state index in [0.29, 0.717) is 18.5 Å². The number of nitrogens with zero attached hydrogens (tertiary/aromatic N) is 3. The third kappa shape index (κ3) is 5.81. The van der Waals surface area contributed by atoms with Crippen molar-refractivity contribution in [2.75, 3.05) is 30.4 Å². The van der Waals surface area contributed by atoms with Gasteiger partial charge in [0.2, 0.25) is 0 Å². The normalized spacial score (nSPS) is 19.8. The van der Waals surface area contributed by atoms with Crippen molar-refractivity contribution in [3.63, 3.8) is 0 Å². The van der Waals surface area contributed by atoms with E-state index in [9.17, 15) is 9.18 Å². The van der Waals surface area contributed by atoms with E-state index in [-0.39, 0.29) is 23.4 Å². The van der Waals surface area contributed by atoms with Crippen molar-refractivity contribution in [3.8, 4) is 11.3 Å². The molecule has 4 heterocycles. The van der Waals surface area contributed by atoms with E-state index < -0.39 is 41.5 Å². The average molecular weight is 594 g/mol. The Morgan fingerprint density at radius 2 is 2.00 bits per heavy atom. The van der Waals surface area contributed by atoms with Crippen LogP contribution < -0.4 is 27.0 Å². The minimum atomic E-state index is -1.82. The first kappa shape index (κ1) is 29.1. The Kier molecular flexibility index (Phi) is 8.74. The summed E-state index contributed by atoms with van der Waals surface area (Å²) >= 11 is 1.49.